The second kappa shape index (κ2) is 7.62. The molecule has 0 saturated heterocycles. The van der Waals surface area contributed by atoms with E-state index in [4.69, 9.17) is 0 Å². The Bertz CT molecular complexity index is 800. The molecule has 0 spiro atoms. The van der Waals surface area contributed by atoms with Crippen LogP contribution in [0, 0.1) is 0 Å². The van der Waals surface area contributed by atoms with Crippen LogP contribution >= 0.6 is 0 Å². The molecule has 2 aromatic rings. The van der Waals surface area contributed by atoms with Gasteiger partial charge in [-0.25, -0.2) is 8.42 Å². The third-order valence-corrected chi connectivity index (χ3v) is 5.25. The summed E-state index contributed by atoms with van der Waals surface area (Å²) in [6.45, 7) is 4.44. The zero-order valence-electron chi connectivity index (χ0n) is 14.3. The van der Waals surface area contributed by atoms with Crippen LogP contribution in [0.3, 0.4) is 0 Å². The number of sulfone groups is 1. The van der Waals surface area contributed by atoms with Crippen molar-refractivity contribution in [2.24, 2.45) is 0 Å². The molecule has 2 rings (SSSR count). The zero-order chi connectivity index (χ0) is 17.7. The highest BCUT2D eigenvalue weighted by Crippen LogP contribution is 2.21. The minimum Gasteiger partial charge on any atom is -0.332 e. The van der Waals surface area contributed by atoms with E-state index in [0.29, 0.717) is 6.54 Å². The molecule has 0 radical (unpaired) electrons. The fourth-order valence-corrected chi connectivity index (χ4v) is 3.43. The monoisotopic (exact) mass is 345 g/mol. The Morgan fingerprint density at radius 2 is 1.62 bits per heavy atom. The number of nitrogens with zero attached hydrogens (tertiary/aromatic N) is 1. The lowest BCUT2D eigenvalue weighted by atomic mass is 10.1. The van der Waals surface area contributed by atoms with Crippen molar-refractivity contribution in [2.75, 3.05) is 6.26 Å². The van der Waals surface area contributed by atoms with Crippen LogP contribution in [0.2, 0.25) is 0 Å². The van der Waals surface area contributed by atoms with Crippen molar-refractivity contribution in [3.05, 3.63) is 65.7 Å². The van der Waals surface area contributed by atoms with Gasteiger partial charge in [-0.2, -0.15) is 0 Å². The van der Waals surface area contributed by atoms with Crippen LogP contribution < -0.4 is 0 Å². The zero-order valence-corrected chi connectivity index (χ0v) is 15.1. The van der Waals surface area contributed by atoms with E-state index < -0.39 is 9.84 Å². The smallest absolute Gasteiger partial charge is 0.255 e. The second-order valence-electron chi connectivity index (χ2n) is 5.94. The van der Waals surface area contributed by atoms with Gasteiger partial charge < -0.3 is 4.90 Å². The van der Waals surface area contributed by atoms with Crippen LogP contribution in [0.1, 0.15) is 36.2 Å². The first kappa shape index (κ1) is 18.2. The molecular weight excluding hydrogens is 322 g/mol. The number of amides is 1. The lowest BCUT2D eigenvalue weighted by Crippen LogP contribution is -2.38. The van der Waals surface area contributed by atoms with Gasteiger partial charge in [-0.05, 0) is 31.0 Å². The van der Waals surface area contributed by atoms with Crippen LogP contribution in [0.25, 0.3) is 0 Å². The highest BCUT2D eigenvalue weighted by atomic mass is 32.2. The molecule has 0 unspecified atom stereocenters. The number of carbonyl (C=O) groups excluding carboxylic acids is 1. The van der Waals surface area contributed by atoms with Crippen LogP contribution in [-0.2, 0) is 16.4 Å². The summed E-state index contributed by atoms with van der Waals surface area (Å²) in [5.41, 5.74) is 1.25. The van der Waals surface area contributed by atoms with Gasteiger partial charge in [-0.15, -0.1) is 0 Å². The molecule has 0 bridgehead atoms. The van der Waals surface area contributed by atoms with E-state index in [1.807, 2.05) is 44.2 Å². The lowest BCUT2D eigenvalue weighted by molar-refractivity contribution is 0.0667. The predicted octanol–water partition coefficient (Wildman–Crippen LogP) is 3.53. The summed E-state index contributed by atoms with van der Waals surface area (Å²) in [6.07, 6.45) is 1.92. The van der Waals surface area contributed by atoms with Crippen molar-refractivity contribution in [2.45, 2.75) is 37.8 Å². The third-order valence-electron chi connectivity index (χ3n) is 4.10. The minimum atomic E-state index is -3.46. The molecule has 4 nitrogen and oxygen atoms in total. The van der Waals surface area contributed by atoms with Gasteiger partial charge in [-0.1, -0.05) is 49.4 Å². The second-order valence-corrected chi connectivity index (χ2v) is 7.93. The maximum atomic E-state index is 13.1. The number of carbonyl (C=O) groups is 1. The van der Waals surface area contributed by atoms with Gasteiger partial charge in [0, 0.05) is 18.8 Å². The Hall–Kier alpha value is -2.14. The predicted molar refractivity (Wildman–Crippen MR) is 95.6 cm³/mol. The van der Waals surface area contributed by atoms with Gasteiger partial charge in [0.05, 0.1) is 10.5 Å². The molecule has 0 aromatic heterocycles. The highest BCUT2D eigenvalue weighted by Gasteiger charge is 2.25. The van der Waals surface area contributed by atoms with Crippen molar-refractivity contribution < 1.29 is 13.2 Å². The van der Waals surface area contributed by atoms with Gasteiger partial charge in [-0.3, -0.25) is 4.79 Å². The molecule has 2 aromatic carbocycles. The average Bonchev–Trinajstić information content (AvgIpc) is 2.58. The number of hydrogen-bond acceptors (Lipinski definition) is 3. The molecule has 24 heavy (non-hydrogen) atoms. The average molecular weight is 345 g/mol. The van der Waals surface area contributed by atoms with E-state index >= 15 is 0 Å². The molecule has 5 heteroatoms. The first-order chi connectivity index (χ1) is 11.3. The molecule has 0 aliphatic carbocycles. The molecule has 1 atom stereocenters. The molecule has 0 fully saturated rings. The molecule has 0 aliphatic rings. The summed E-state index contributed by atoms with van der Waals surface area (Å²) >= 11 is 0. The standard InChI is InChI=1S/C19H23NO3S/c1-4-15(2)20(14-16-10-6-5-7-11-16)19(21)17-12-8-9-13-18(17)24(3,22)23/h5-13,15H,4,14H2,1-3H3/t15-/m0/s1. The largest absolute Gasteiger partial charge is 0.332 e. The fourth-order valence-electron chi connectivity index (χ4n) is 2.55. The van der Waals surface area contributed by atoms with Gasteiger partial charge in [0.25, 0.3) is 5.91 Å². The quantitative estimate of drug-likeness (QED) is 0.805. The van der Waals surface area contributed by atoms with Crippen molar-refractivity contribution in [1.82, 2.24) is 4.90 Å². The first-order valence-electron chi connectivity index (χ1n) is 7.98. The number of hydrogen-bond donors (Lipinski definition) is 0. The van der Waals surface area contributed by atoms with Crippen LogP contribution in [0.15, 0.2) is 59.5 Å². The summed E-state index contributed by atoms with van der Waals surface area (Å²) in [6, 6.07) is 16.1. The molecule has 0 N–H and O–H groups in total. The Morgan fingerprint density at radius 3 is 2.21 bits per heavy atom. The number of benzene rings is 2. The topological polar surface area (TPSA) is 54.5 Å². The molecule has 0 heterocycles. The number of rotatable bonds is 6. The van der Waals surface area contributed by atoms with Crippen LogP contribution in [0.5, 0.6) is 0 Å². The maximum absolute atomic E-state index is 13.1. The van der Waals surface area contributed by atoms with Crippen LogP contribution in [0.4, 0.5) is 0 Å². The molecule has 0 aliphatic heterocycles. The van der Waals surface area contributed by atoms with Crippen LogP contribution in [-0.4, -0.2) is 31.5 Å². The Morgan fingerprint density at radius 1 is 1.04 bits per heavy atom. The van der Waals surface area contributed by atoms with Crippen molar-refractivity contribution in [3.63, 3.8) is 0 Å². The van der Waals surface area contributed by atoms with Gasteiger partial charge in [0.2, 0.25) is 0 Å². The molecular formula is C19H23NO3S. The van der Waals surface area contributed by atoms with E-state index in [-0.39, 0.29) is 22.4 Å². The van der Waals surface area contributed by atoms with E-state index in [1.54, 1.807) is 23.1 Å². The summed E-state index contributed by atoms with van der Waals surface area (Å²) in [4.78, 5) is 14.9. The Balaban J connectivity index is 2.43. The first-order valence-corrected chi connectivity index (χ1v) is 9.87. The van der Waals surface area contributed by atoms with E-state index in [1.165, 1.54) is 6.07 Å². The molecule has 1 amide bonds. The third kappa shape index (κ3) is 4.23. The Labute approximate surface area is 144 Å². The van der Waals surface area contributed by atoms with Crippen molar-refractivity contribution in [1.29, 1.82) is 0 Å². The maximum Gasteiger partial charge on any atom is 0.255 e. The highest BCUT2D eigenvalue weighted by molar-refractivity contribution is 7.90. The van der Waals surface area contributed by atoms with Crippen molar-refractivity contribution >= 4 is 15.7 Å². The lowest BCUT2D eigenvalue weighted by Gasteiger charge is -2.29. The summed E-state index contributed by atoms with van der Waals surface area (Å²) in [7, 11) is -3.46. The van der Waals surface area contributed by atoms with Crippen molar-refractivity contribution in [3.8, 4) is 0 Å². The molecule has 128 valence electrons. The Kier molecular flexibility index (Phi) is 5.78. The van der Waals surface area contributed by atoms with Gasteiger partial charge >= 0.3 is 0 Å². The molecule has 0 saturated carbocycles. The fraction of sp³-hybridized carbons (Fsp3) is 0.316. The van der Waals surface area contributed by atoms with E-state index in [0.717, 1.165) is 18.2 Å². The normalized spacial score (nSPS) is 12.6. The van der Waals surface area contributed by atoms with E-state index in [2.05, 4.69) is 0 Å². The summed E-state index contributed by atoms with van der Waals surface area (Å²) < 4.78 is 24.0. The van der Waals surface area contributed by atoms with Gasteiger partial charge in [0.1, 0.15) is 0 Å². The minimum absolute atomic E-state index is 0.00493. The summed E-state index contributed by atoms with van der Waals surface area (Å²) in [5.74, 6) is -0.255. The van der Waals surface area contributed by atoms with Gasteiger partial charge in [0.15, 0.2) is 9.84 Å². The SMILES string of the molecule is CC[C@H](C)N(Cc1ccccc1)C(=O)c1ccccc1S(C)(=O)=O. The van der Waals surface area contributed by atoms with E-state index in [9.17, 15) is 13.2 Å². The summed E-state index contributed by atoms with van der Waals surface area (Å²) in [5, 5.41) is 0.